The maximum Gasteiger partial charge on any atom is 0.103 e. The van der Waals surface area contributed by atoms with Crippen LogP contribution in [-0.2, 0) is 11.3 Å². The van der Waals surface area contributed by atoms with E-state index in [0.717, 1.165) is 24.3 Å². The molecule has 2 nitrogen and oxygen atoms in total. The summed E-state index contributed by atoms with van der Waals surface area (Å²) in [7, 11) is 0. The Hall–Kier alpha value is -0.0600. The molecule has 0 radical (unpaired) electrons. The van der Waals surface area contributed by atoms with Gasteiger partial charge in [-0.05, 0) is 18.1 Å². The number of thioether (sulfide) groups is 1. The molecule has 1 aromatic rings. The molecule has 92 valence electrons. The molecule has 0 aliphatic rings. The van der Waals surface area contributed by atoms with Crippen molar-refractivity contribution in [3.05, 3.63) is 16.1 Å². The van der Waals surface area contributed by atoms with Gasteiger partial charge in [0.05, 0.1) is 11.2 Å². The highest BCUT2D eigenvalue weighted by atomic mass is 32.2. The van der Waals surface area contributed by atoms with Crippen LogP contribution in [-0.4, -0.2) is 10.2 Å². The van der Waals surface area contributed by atoms with E-state index in [-0.39, 0.29) is 5.54 Å². The highest BCUT2D eigenvalue weighted by Crippen LogP contribution is 2.28. The van der Waals surface area contributed by atoms with Gasteiger partial charge in [-0.1, -0.05) is 27.7 Å². The van der Waals surface area contributed by atoms with E-state index in [4.69, 9.17) is 5.73 Å². The molecule has 0 saturated carbocycles. The minimum atomic E-state index is -0.225. The van der Waals surface area contributed by atoms with Gasteiger partial charge < -0.3 is 5.73 Å². The molecule has 0 amide bonds. The number of aromatic nitrogens is 1. The van der Waals surface area contributed by atoms with E-state index in [0.29, 0.717) is 5.25 Å². The van der Waals surface area contributed by atoms with Gasteiger partial charge in [-0.15, -0.1) is 11.3 Å². The second-order valence-corrected chi connectivity index (χ2v) is 6.86. The van der Waals surface area contributed by atoms with Crippen LogP contribution < -0.4 is 5.73 Å². The number of hydrogen-bond acceptors (Lipinski definition) is 4. The first-order chi connectivity index (χ1) is 7.51. The van der Waals surface area contributed by atoms with Crippen molar-refractivity contribution >= 4 is 23.1 Å². The Kier molecular flexibility index (Phi) is 5.28. The van der Waals surface area contributed by atoms with E-state index < -0.39 is 0 Å². The molecule has 0 unspecified atom stereocenters. The molecule has 4 heteroatoms. The van der Waals surface area contributed by atoms with E-state index in [1.807, 2.05) is 11.8 Å². The SMILES string of the molecule is CCC(N)(CC)c1csc(CSC(C)C)n1. The van der Waals surface area contributed by atoms with Crippen LogP contribution in [0.3, 0.4) is 0 Å². The molecule has 1 heterocycles. The molecular formula is C12H22N2S2. The summed E-state index contributed by atoms with van der Waals surface area (Å²) in [5.41, 5.74) is 7.17. The zero-order chi connectivity index (χ0) is 12.2. The summed E-state index contributed by atoms with van der Waals surface area (Å²) in [4.78, 5) is 4.67. The monoisotopic (exact) mass is 258 g/mol. The summed E-state index contributed by atoms with van der Waals surface area (Å²) in [6.45, 7) is 8.69. The Morgan fingerprint density at radius 3 is 2.56 bits per heavy atom. The van der Waals surface area contributed by atoms with Crippen molar-refractivity contribution in [1.29, 1.82) is 0 Å². The topological polar surface area (TPSA) is 38.9 Å². The van der Waals surface area contributed by atoms with Gasteiger partial charge in [-0.25, -0.2) is 4.98 Å². The summed E-state index contributed by atoms with van der Waals surface area (Å²) in [6, 6.07) is 0. The van der Waals surface area contributed by atoms with Gasteiger partial charge in [-0.2, -0.15) is 11.8 Å². The standard InChI is InChI=1S/C12H22N2S2/c1-5-12(13,6-2)10-7-16-11(14-10)8-15-9(3)4/h7,9H,5-6,8,13H2,1-4H3. The van der Waals surface area contributed by atoms with Gasteiger partial charge in [-0.3, -0.25) is 0 Å². The van der Waals surface area contributed by atoms with Crippen LogP contribution in [0.4, 0.5) is 0 Å². The fourth-order valence-electron chi connectivity index (χ4n) is 1.46. The van der Waals surface area contributed by atoms with Gasteiger partial charge in [0.15, 0.2) is 0 Å². The summed E-state index contributed by atoms with van der Waals surface area (Å²) in [5, 5.41) is 3.99. The molecule has 0 spiro atoms. The van der Waals surface area contributed by atoms with Gasteiger partial charge in [0.1, 0.15) is 5.01 Å². The first kappa shape index (κ1) is 14.0. The molecule has 0 fully saturated rings. The van der Waals surface area contributed by atoms with E-state index in [1.165, 1.54) is 5.01 Å². The average Bonchev–Trinajstić information content (AvgIpc) is 2.74. The zero-order valence-electron chi connectivity index (χ0n) is 10.6. The Labute approximate surface area is 107 Å². The number of hydrogen-bond donors (Lipinski definition) is 1. The number of thiazole rings is 1. The van der Waals surface area contributed by atoms with E-state index in [1.54, 1.807) is 11.3 Å². The highest BCUT2D eigenvalue weighted by molar-refractivity contribution is 7.99. The van der Waals surface area contributed by atoms with Gasteiger partial charge in [0, 0.05) is 11.1 Å². The number of nitrogens with zero attached hydrogens (tertiary/aromatic N) is 1. The highest BCUT2D eigenvalue weighted by Gasteiger charge is 2.25. The summed E-state index contributed by atoms with van der Waals surface area (Å²) < 4.78 is 0. The van der Waals surface area contributed by atoms with Crippen molar-refractivity contribution in [2.24, 2.45) is 5.73 Å². The van der Waals surface area contributed by atoms with Crippen LogP contribution in [0.5, 0.6) is 0 Å². The summed E-state index contributed by atoms with van der Waals surface area (Å²) >= 11 is 3.67. The fourth-order valence-corrected chi connectivity index (χ4v) is 3.16. The van der Waals surface area contributed by atoms with Gasteiger partial charge in [0.2, 0.25) is 0 Å². The van der Waals surface area contributed by atoms with E-state index in [9.17, 15) is 0 Å². The maximum absolute atomic E-state index is 6.32. The molecule has 1 rings (SSSR count). The predicted molar refractivity (Wildman–Crippen MR) is 75.0 cm³/mol. The zero-order valence-corrected chi connectivity index (χ0v) is 12.3. The lowest BCUT2D eigenvalue weighted by Crippen LogP contribution is -2.35. The minimum absolute atomic E-state index is 0.225. The minimum Gasteiger partial charge on any atom is -0.320 e. The molecule has 0 aliphatic heterocycles. The Balaban J connectivity index is 2.70. The molecule has 0 aromatic carbocycles. The summed E-state index contributed by atoms with van der Waals surface area (Å²) in [5.74, 6) is 1.01. The molecule has 16 heavy (non-hydrogen) atoms. The quantitative estimate of drug-likeness (QED) is 0.844. The van der Waals surface area contributed by atoms with Crippen LogP contribution in [0.15, 0.2) is 5.38 Å². The van der Waals surface area contributed by atoms with E-state index in [2.05, 4.69) is 38.1 Å². The van der Waals surface area contributed by atoms with Crippen molar-refractivity contribution < 1.29 is 0 Å². The normalized spacial score (nSPS) is 12.4. The fraction of sp³-hybridized carbons (Fsp3) is 0.750. The van der Waals surface area contributed by atoms with E-state index >= 15 is 0 Å². The smallest absolute Gasteiger partial charge is 0.103 e. The van der Waals surface area contributed by atoms with Crippen LogP contribution in [0, 0.1) is 0 Å². The average molecular weight is 258 g/mol. The third kappa shape index (κ3) is 3.47. The van der Waals surface area contributed by atoms with Gasteiger partial charge >= 0.3 is 0 Å². The Morgan fingerprint density at radius 2 is 2.06 bits per heavy atom. The predicted octanol–water partition coefficient (Wildman–Crippen LogP) is 3.76. The molecule has 0 aliphatic carbocycles. The van der Waals surface area contributed by atoms with Crippen LogP contribution in [0.1, 0.15) is 51.2 Å². The molecule has 2 N–H and O–H groups in total. The Morgan fingerprint density at radius 1 is 1.44 bits per heavy atom. The number of nitrogens with two attached hydrogens (primary N) is 1. The number of rotatable bonds is 6. The second-order valence-electron chi connectivity index (χ2n) is 4.35. The second kappa shape index (κ2) is 6.03. The third-order valence-corrected chi connectivity index (χ3v) is 5.00. The first-order valence-corrected chi connectivity index (χ1v) is 7.80. The molecule has 0 saturated heterocycles. The lowest BCUT2D eigenvalue weighted by atomic mass is 9.91. The molecule has 1 aromatic heterocycles. The molecule has 0 atom stereocenters. The molecular weight excluding hydrogens is 236 g/mol. The van der Waals surface area contributed by atoms with Crippen LogP contribution in [0.25, 0.3) is 0 Å². The lowest BCUT2D eigenvalue weighted by molar-refractivity contribution is 0.402. The Bertz CT molecular complexity index is 317. The van der Waals surface area contributed by atoms with Crippen molar-refractivity contribution in [1.82, 2.24) is 4.98 Å². The largest absolute Gasteiger partial charge is 0.320 e. The van der Waals surface area contributed by atoms with Gasteiger partial charge in [0.25, 0.3) is 0 Å². The van der Waals surface area contributed by atoms with Crippen molar-refractivity contribution in [2.45, 2.75) is 57.1 Å². The van der Waals surface area contributed by atoms with Crippen LogP contribution in [0.2, 0.25) is 0 Å². The summed E-state index contributed by atoms with van der Waals surface area (Å²) in [6.07, 6.45) is 1.90. The van der Waals surface area contributed by atoms with Crippen molar-refractivity contribution in [3.63, 3.8) is 0 Å². The van der Waals surface area contributed by atoms with Crippen molar-refractivity contribution in [3.8, 4) is 0 Å². The third-order valence-electron chi connectivity index (χ3n) is 2.86. The first-order valence-electron chi connectivity index (χ1n) is 5.87. The lowest BCUT2D eigenvalue weighted by Gasteiger charge is -2.24. The maximum atomic E-state index is 6.32. The molecule has 0 bridgehead atoms. The van der Waals surface area contributed by atoms with Crippen LogP contribution >= 0.6 is 23.1 Å². The van der Waals surface area contributed by atoms with Crippen molar-refractivity contribution in [2.75, 3.05) is 0 Å².